The molecule has 3 rings (SSSR count). The summed E-state index contributed by atoms with van der Waals surface area (Å²) in [5.41, 5.74) is 8.17. The van der Waals surface area contributed by atoms with Crippen molar-refractivity contribution in [2.24, 2.45) is 0 Å². The number of benzene rings is 3. The van der Waals surface area contributed by atoms with E-state index in [9.17, 15) is 4.79 Å². The number of carbonyl (C=O) groups excluding carboxylic acids is 1. The van der Waals surface area contributed by atoms with Crippen molar-refractivity contribution >= 4 is 5.97 Å². The van der Waals surface area contributed by atoms with Crippen molar-refractivity contribution < 1.29 is 9.53 Å². The van der Waals surface area contributed by atoms with Crippen LogP contribution in [0.2, 0.25) is 0 Å². The SMILES string of the molecule is CCCCOC(C)=O.CCc1ccc(C)cc1.CCc1ccc(C)cc1.Cc1ccc(C)cc1. The van der Waals surface area contributed by atoms with Crippen LogP contribution in [0.1, 0.15) is 73.9 Å². The van der Waals surface area contributed by atoms with E-state index >= 15 is 0 Å². The first kappa shape index (κ1) is 31.1. The molecule has 0 saturated heterocycles. The van der Waals surface area contributed by atoms with Gasteiger partial charge in [-0.3, -0.25) is 4.79 Å². The fourth-order valence-electron chi connectivity index (χ4n) is 2.64. The van der Waals surface area contributed by atoms with E-state index in [2.05, 4.69) is 126 Å². The summed E-state index contributed by atoms with van der Waals surface area (Å²) in [6.07, 6.45) is 4.33. The molecule has 186 valence electrons. The van der Waals surface area contributed by atoms with Gasteiger partial charge in [0.05, 0.1) is 6.61 Å². The molecule has 0 aliphatic rings. The highest BCUT2D eigenvalue weighted by atomic mass is 16.5. The van der Waals surface area contributed by atoms with Gasteiger partial charge in [0.1, 0.15) is 0 Å². The van der Waals surface area contributed by atoms with Gasteiger partial charge < -0.3 is 4.74 Å². The Balaban J connectivity index is 0.000000428. The van der Waals surface area contributed by atoms with Crippen LogP contribution in [0.15, 0.2) is 72.8 Å². The van der Waals surface area contributed by atoms with Gasteiger partial charge in [0.15, 0.2) is 0 Å². The number of hydrogen-bond acceptors (Lipinski definition) is 2. The topological polar surface area (TPSA) is 26.3 Å². The van der Waals surface area contributed by atoms with Gasteiger partial charge in [-0.2, -0.15) is 0 Å². The zero-order valence-electron chi connectivity index (χ0n) is 22.8. The van der Waals surface area contributed by atoms with Crippen molar-refractivity contribution in [2.45, 2.75) is 81.1 Å². The molecule has 34 heavy (non-hydrogen) atoms. The molecule has 2 heteroatoms. The lowest BCUT2D eigenvalue weighted by molar-refractivity contribution is -0.141. The third-order valence-electron chi connectivity index (χ3n) is 5.08. The summed E-state index contributed by atoms with van der Waals surface area (Å²) in [4.78, 5) is 10.1. The van der Waals surface area contributed by atoms with Gasteiger partial charge in [0.25, 0.3) is 0 Å². The van der Waals surface area contributed by atoms with Crippen molar-refractivity contribution in [3.05, 3.63) is 106 Å². The molecule has 2 nitrogen and oxygen atoms in total. The van der Waals surface area contributed by atoms with Gasteiger partial charge >= 0.3 is 5.97 Å². The minimum Gasteiger partial charge on any atom is -0.466 e. The number of hydrogen-bond donors (Lipinski definition) is 0. The highest BCUT2D eigenvalue weighted by molar-refractivity contribution is 5.65. The Labute approximate surface area is 209 Å². The van der Waals surface area contributed by atoms with Crippen LogP contribution in [0.25, 0.3) is 0 Å². The monoisotopic (exact) mass is 462 g/mol. The first-order valence-corrected chi connectivity index (χ1v) is 12.5. The van der Waals surface area contributed by atoms with Gasteiger partial charge in [-0.15, -0.1) is 0 Å². The summed E-state index contributed by atoms with van der Waals surface area (Å²) >= 11 is 0. The third kappa shape index (κ3) is 17.7. The zero-order chi connectivity index (χ0) is 25.8. The van der Waals surface area contributed by atoms with Crippen molar-refractivity contribution in [3.63, 3.8) is 0 Å². The molecule has 0 atom stereocenters. The number of ether oxygens (including phenoxy) is 1. The molecular weight excluding hydrogens is 416 g/mol. The average molecular weight is 463 g/mol. The first-order chi connectivity index (χ1) is 16.2. The Bertz CT molecular complexity index is 809. The minimum atomic E-state index is -0.182. The lowest BCUT2D eigenvalue weighted by atomic mass is 10.1. The van der Waals surface area contributed by atoms with Gasteiger partial charge in [-0.05, 0) is 58.1 Å². The normalized spacial score (nSPS) is 9.29. The minimum absolute atomic E-state index is 0.182. The highest BCUT2D eigenvalue weighted by Gasteiger charge is 1.88. The second kappa shape index (κ2) is 19.6. The number of carbonyl (C=O) groups is 1. The fourth-order valence-corrected chi connectivity index (χ4v) is 2.64. The summed E-state index contributed by atoms with van der Waals surface area (Å²) in [5.74, 6) is -0.182. The van der Waals surface area contributed by atoms with Crippen LogP contribution in [0.3, 0.4) is 0 Å². The smallest absolute Gasteiger partial charge is 0.302 e. The molecule has 0 bridgehead atoms. The van der Waals surface area contributed by atoms with Gasteiger partial charge in [0, 0.05) is 6.92 Å². The van der Waals surface area contributed by atoms with E-state index in [1.54, 1.807) is 0 Å². The molecule has 0 N–H and O–H groups in total. The van der Waals surface area contributed by atoms with E-state index in [4.69, 9.17) is 0 Å². The molecule has 0 heterocycles. The quantitative estimate of drug-likeness (QED) is 0.280. The van der Waals surface area contributed by atoms with Gasteiger partial charge in [-0.1, -0.05) is 122 Å². The Morgan fingerprint density at radius 3 is 1.12 bits per heavy atom. The molecule has 0 aliphatic heterocycles. The molecule has 3 aromatic carbocycles. The van der Waals surface area contributed by atoms with Crippen molar-refractivity contribution in [1.29, 1.82) is 0 Å². The maximum Gasteiger partial charge on any atom is 0.302 e. The average Bonchev–Trinajstić information content (AvgIpc) is 2.83. The Morgan fingerprint density at radius 2 is 0.882 bits per heavy atom. The number of rotatable bonds is 5. The maximum absolute atomic E-state index is 10.1. The van der Waals surface area contributed by atoms with Crippen LogP contribution in [0, 0.1) is 27.7 Å². The molecule has 0 amide bonds. The first-order valence-electron chi connectivity index (χ1n) is 12.5. The largest absolute Gasteiger partial charge is 0.466 e. The van der Waals surface area contributed by atoms with E-state index in [1.807, 2.05) is 0 Å². The molecule has 3 aromatic rings. The molecule has 0 unspecified atom stereocenters. The second-order valence-electron chi connectivity index (χ2n) is 8.53. The molecule has 0 saturated carbocycles. The van der Waals surface area contributed by atoms with Crippen LogP contribution in [-0.2, 0) is 22.4 Å². The van der Waals surface area contributed by atoms with Gasteiger partial charge in [0.2, 0.25) is 0 Å². The molecular formula is C32H46O2. The molecule has 0 aliphatic carbocycles. The number of esters is 1. The van der Waals surface area contributed by atoms with Crippen LogP contribution in [0.5, 0.6) is 0 Å². The Kier molecular flexibility index (Phi) is 17.9. The second-order valence-corrected chi connectivity index (χ2v) is 8.53. The Morgan fingerprint density at radius 1 is 0.588 bits per heavy atom. The highest BCUT2D eigenvalue weighted by Crippen LogP contribution is 2.03. The molecule has 0 spiro atoms. The molecule has 0 aromatic heterocycles. The number of aryl methyl sites for hydroxylation is 6. The lowest BCUT2D eigenvalue weighted by Crippen LogP contribution is -1.99. The number of unbranched alkanes of at least 4 members (excludes halogenated alkanes) is 1. The predicted molar refractivity (Wildman–Crippen MR) is 149 cm³/mol. The van der Waals surface area contributed by atoms with E-state index in [0.717, 1.165) is 25.7 Å². The standard InChI is InChI=1S/2C9H12.C8H10.C6H12O2/c2*1-3-9-6-4-8(2)5-7-9;1-7-3-5-8(2)6-4-7;1-3-4-5-8-6(2)7/h2*4-7H,3H2,1-2H3;3-6H,1-2H3;3-5H2,1-2H3. The maximum atomic E-state index is 10.1. The van der Waals surface area contributed by atoms with Crippen LogP contribution in [-0.4, -0.2) is 12.6 Å². The van der Waals surface area contributed by atoms with Crippen LogP contribution < -0.4 is 0 Å². The van der Waals surface area contributed by atoms with Crippen LogP contribution >= 0.6 is 0 Å². The van der Waals surface area contributed by atoms with Crippen LogP contribution in [0.4, 0.5) is 0 Å². The van der Waals surface area contributed by atoms with Crippen molar-refractivity contribution in [3.8, 4) is 0 Å². The molecule has 0 radical (unpaired) electrons. The zero-order valence-corrected chi connectivity index (χ0v) is 22.8. The summed E-state index contributed by atoms with van der Waals surface area (Å²) in [5, 5.41) is 0. The summed E-state index contributed by atoms with van der Waals surface area (Å²) in [6, 6.07) is 25.8. The van der Waals surface area contributed by atoms with Gasteiger partial charge in [-0.25, -0.2) is 0 Å². The summed E-state index contributed by atoms with van der Waals surface area (Å²) in [6.45, 7) is 16.8. The predicted octanol–water partition coefficient (Wildman–Crippen LogP) is 8.77. The van der Waals surface area contributed by atoms with E-state index in [-0.39, 0.29) is 5.97 Å². The third-order valence-corrected chi connectivity index (χ3v) is 5.08. The molecule has 0 fully saturated rings. The summed E-state index contributed by atoms with van der Waals surface area (Å²) in [7, 11) is 0. The van der Waals surface area contributed by atoms with E-state index < -0.39 is 0 Å². The van der Waals surface area contributed by atoms with Crippen molar-refractivity contribution in [1.82, 2.24) is 0 Å². The fraction of sp³-hybridized carbons (Fsp3) is 0.406. The summed E-state index contributed by atoms with van der Waals surface area (Å²) < 4.78 is 4.64. The van der Waals surface area contributed by atoms with Crippen molar-refractivity contribution in [2.75, 3.05) is 6.61 Å². The van der Waals surface area contributed by atoms with E-state index in [0.29, 0.717) is 6.61 Å². The lowest BCUT2D eigenvalue weighted by Gasteiger charge is -1.96. The Hall–Kier alpha value is -2.87. The van der Waals surface area contributed by atoms with E-state index in [1.165, 1.54) is 40.3 Å².